The van der Waals surface area contributed by atoms with Gasteiger partial charge in [0.25, 0.3) is 0 Å². The molecule has 0 radical (unpaired) electrons. The van der Waals surface area contributed by atoms with Gasteiger partial charge in [0.2, 0.25) is 0 Å². The van der Waals surface area contributed by atoms with Gasteiger partial charge in [-0.15, -0.1) is 0 Å². The van der Waals surface area contributed by atoms with Crippen molar-refractivity contribution in [3.63, 3.8) is 0 Å². The molecule has 2 heterocycles. The Balaban J connectivity index is 1.98. The second kappa shape index (κ2) is 9.55. The van der Waals surface area contributed by atoms with Crippen LogP contribution in [0.4, 0.5) is 0 Å². The third kappa shape index (κ3) is 4.62. The molecule has 0 saturated carbocycles. The maximum atomic E-state index is 11.8. The molecule has 150 valence electrons. The van der Waals surface area contributed by atoms with E-state index in [9.17, 15) is 9.90 Å². The van der Waals surface area contributed by atoms with Gasteiger partial charge in [-0.05, 0) is 63.1 Å². The summed E-state index contributed by atoms with van der Waals surface area (Å²) in [6.07, 6.45) is 3.97. The summed E-state index contributed by atoms with van der Waals surface area (Å²) in [7, 11) is 0. The number of hydrogen-bond donors (Lipinski definition) is 1. The molecule has 2 unspecified atom stereocenters. The number of pyridine rings is 1. The third-order valence-corrected chi connectivity index (χ3v) is 5.06. The minimum atomic E-state index is -0.764. The van der Waals surface area contributed by atoms with Crippen LogP contribution in [0.2, 0.25) is 0 Å². The van der Waals surface area contributed by atoms with Crippen LogP contribution in [0.3, 0.4) is 0 Å². The van der Waals surface area contributed by atoms with Gasteiger partial charge in [-0.2, -0.15) is 0 Å². The zero-order chi connectivity index (χ0) is 19.9. The number of carboxylic acid groups (broad SMARTS) is 1. The van der Waals surface area contributed by atoms with Crippen LogP contribution in [-0.4, -0.2) is 46.8 Å². The standard InChI is InChI=1S/C22H28N2O4/c1-3-27-20-11-10-16(14-21(20)28-4-2)19(15-17-8-5-6-12-23-17)24-13-7-9-18(24)22(25)26/h5-6,8,10-12,14,18-19H,3-4,7,9,13,15H2,1-2H3,(H,25,26). The largest absolute Gasteiger partial charge is 0.490 e. The number of aromatic nitrogens is 1. The lowest BCUT2D eigenvalue weighted by Gasteiger charge is -2.32. The molecule has 0 amide bonds. The predicted octanol–water partition coefficient (Wildman–Crippen LogP) is 3.71. The van der Waals surface area contributed by atoms with Crippen LogP contribution in [0, 0.1) is 0 Å². The molecule has 28 heavy (non-hydrogen) atoms. The highest BCUT2D eigenvalue weighted by atomic mass is 16.5. The summed E-state index contributed by atoms with van der Waals surface area (Å²) in [5, 5.41) is 9.70. The first-order valence-electron chi connectivity index (χ1n) is 9.92. The highest BCUT2D eigenvalue weighted by molar-refractivity contribution is 5.74. The highest BCUT2D eigenvalue weighted by Gasteiger charge is 2.36. The van der Waals surface area contributed by atoms with E-state index >= 15 is 0 Å². The van der Waals surface area contributed by atoms with Crippen LogP contribution < -0.4 is 9.47 Å². The summed E-state index contributed by atoms with van der Waals surface area (Å²) < 4.78 is 11.5. The predicted molar refractivity (Wildman–Crippen MR) is 107 cm³/mol. The molecule has 0 aliphatic carbocycles. The summed E-state index contributed by atoms with van der Waals surface area (Å²) in [5.74, 6) is 0.638. The van der Waals surface area contributed by atoms with Crippen molar-refractivity contribution in [1.29, 1.82) is 0 Å². The fourth-order valence-electron chi connectivity index (χ4n) is 3.85. The Morgan fingerprint density at radius 2 is 2.00 bits per heavy atom. The maximum Gasteiger partial charge on any atom is 0.320 e. The van der Waals surface area contributed by atoms with Gasteiger partial charge in [0.1, 0.15) is 6.04 Å². The van der Waals surface area contributed by atoms with Gasteiger partial charge in [0, 0.05) is 24.4 Å². The summed E-state index contributed by atoms with van der Waals surface area (Å²) >= 11 is 0. The van der Waals surface area contributed by atoms with E-state index in [4.69, 9.17) is 9.47 Å². The SMILES string of the molecule is CCOc1ccc(C(Cc2ccccn2)N2CCCC2C(=O)O)cc1OCC. The van der Waals surface area contributed by atoms with Crippen LogP contribution in [0.15, 0.2) is 42.6 Å². The Morgan fingerprint density at radius 3 is 2.68 bits per heavy atom. The van der Waals surface area contributed by atoms with Crippen molar-refractivity contribution in [1.82, 2.24) is 9.88 Å². The van der Waals surface area contributed by atoms with E-state index in [2.05, 4.69) is 9.88 Å². The van der Waals surface area contributed by atoms with Crippen molar-refractivity contribution in [2.75, 3.05) is 19.8 Å². The topological polar surface area (TPSA) is 71.9 Å². The first-order chi connectivity index (χ1) is 13.6. The number of carboxylic acids is 1. The zero-order valence-electron chi connectivity index (χ0n) is 16.5. The summed E-state index contributed by atoms with van der Waals surface area (Å²) in [6, 6.07) is 11.2. The van der Waals surface area contributed by atoms with Gasteiger partial charge in [-0.1, -0.05) is 12.1 Å². The smallest absolute Gasteiger partial charge is 0.320 e. The Kier molecular flexibility index (Phi) is 6.87. The van der Waals surface area contributed by atoms with Gasteiger partial charge in [-0.3, -0.25) is 14.7 Å². The summed E-state index contributed by atoms with van der Waals surface area (Å²) in [4.78, 5) is 18.4. The molecule has 6 nitrogen and oxygen atoms in total. The lowest BCUT2D eigenvalue weighted by Crippen LogP contribution is -2.39. The van der Waals surface area contributed by atoms with Crippen molar-refractivity contribution in [3.05, 3.63) is 53.9 Å². The number of nitrogens with zero attached hydrogens (tertiary/aromatic N) is 2. The molecule has 0 spiro atoms. The number of ether oxygens (including phenoxy) is 2. The molecule has 1 saturated heterocycles. The highest BCUT2D eigenvalue weighted by Crippen LogP contribution is 2.37. The quantitative estimate of drug-likeness (QED) is 0.711. The molecule has 6 heteroatoms. The summed E-state index contributed by atoms with van der Waals surface area (Å²) in [5.41, 5.74) is 1.96. The molecule has 1 aliphatic rings. The fourth-order valence-corrected chi connectivity index (χ4v) is 3.85. The minimum absolute atomic E-state index is 0.0895. The Morgan fingerprint density at radius 1 is 1.21 bits per heavy atom. The van der Waals surface area contributed by atoms with E-state index in [0.29, 0.717) is 37.6 Å². The molecule has 1 aliphatic heterocycles. The third-order valence-electron chi connectivity index (χ3n) is 5.06. The summed E-state index contributed by atoms with van der Waals surface area (Å²) in [6.45, 7) is 5.73. The van der Waals surface area contributed by atoms with Crippen LogP contribution in [0.5, 0.6) is 11.5 Å². The van der Waals surface area contributed by atoms with Gasteiger partial charge >= 0.3 is 5.97 Å². The van der Waals surface area contributed by atoms with Gasteiger partial charge in [0.05, 0.1) is 13.2 Å². The van der Waals surface area contributed by atoms with Crippen molar-refractivity contribution in [2.24, 2.45) is 0 Å². The Labute approximate surface area is 166 Å². The number of hydrogen-bond acceptors (Lipinski definition) is 5. The van der Waals surface area contributed by atoms with E-state index < -0.39 is 12.0 Å². The number of benzene rings is 1. The number of rotatable bonds is 9. The van der Waals surface area contributed by atoms with E-state index in [1.165, 1.54) is 0 Å². The van der Waals surface area contributed by atoms with E-state index in [1.807, 2.05) is 50.2 Å². The molecule has 1 aromatic heterocycles. The number of carbonyl (C=O) groups is 1. The van der Waals surface area contributed by atoms with Crippen molar-refractivity contribution >= 4 is 5.97 Å². The van der Waals surface area contributed by atoms with E-state index in [0.717, 1.165) is 24.2 Å². The molecule has 1 N–H and O–H groups in total. The van der Waals surface area contributed by atoms with Gasteiger partial charge in [0.15, 0.2) is 11.5 Å². The maximum absolute atomic E-state index is 11.8. The van der Waals surface area contributed by atoms with Gasteiger partial charge in [-0.25, -0.2) is 0 Å². The molecule has 2 atom stereocenters. The van der Waals surface area contributed by atoms with Crippen molar-refractivity contribution < 1.29 is 19.4 Å². The molecule has 2 aromatic rings. The van der Waals surface area contributed by atoms with E-state index in [-0.39, 0.29) is 6.04 Å². The lowest BCUT2D eigenvalue weighted by molar-refractivity contribution is -0.143. The van der Waals surface area contributed by atoms with Crippen molar-refractivity contribution in [3.8, 4) is 11.5 Å². The minimum Gasteiger partial charge on any atom is -0.490 e. The normalized spacial score (nSPS) is 18.0. The molecule has 3 rings (SSSR count). The van der Waals surface area contributed by atoms with Crippen molar-refractivity contribution in [2.45, 2.75) is 45.2 Å². The zero-order valence-corrected chi connectivity index (χ0v) is 16.5. The molecule has 1 fully saturated rings. The molecular weight excluding hydrogens is 356 g/mol. The van der Waals surface area contributed by atoms with E-state index in [1.54, 1.807) is 6.20 Å². The number of likely N-dealkylation sites (tertiary alicyclic amines) is 1. The molecular formula is C22H28N2O4. The van der Waals surface area contributed by atoms with Crippen LogP contribution in [-0.2, 0) is 11.2 Å². The number of aliphatic carboxylic acids is 1. The Hall–Kier alpha value is -2.60. The fraction of sp³-hybridized carbons (Fsp3) is 0.455. The lowest BCUT2D eigenvalue weighted by atomic mass is 9.98. The monoisotopic (exact) mass is 384 g/mol. The average molecular weight is 384 g/mol. The first-order valence-corrected chi connectivity index (χ1v) is 9.92. The second-order valence-corrected chi connectivity index (χ2v) is 6.85. The molecule has 1 aromatic carbocycles. The van der Waals surface area contributed by atoms with Crippen LogP contribution in [0.25, 0.3) is 0 Å². The van der Waals surface area contributed by atoms with Gasteiger partial charge < -0.3 is 14.6 Å². The van der Waals surface area contributed by atoms with Crippen LogP contribution in [0.1, 0.15) is 44.0 Å². The Bertz CT molecular complexity index is 781. The second-order valence-electron chi connectivity index (χ2n) is 6.85. The van der Waals surface area contributed by atoms with Crippen LogP contribution >= 0.6 is 0 Å². The molecule has 0 bridgehead atoms. The first kappa shape index (κ1) is 20.1. The average Bonchev–Trinajstić information content (AvgIpc) is 3.19.